The summed E-state index contributed by atoms with van der Waals surface area (Å²) in [4.78, 5) is 16.8. The Balaban J connectivity index is 1.75. The number of nitrogens with one attached hydrogen (secondary N) is 3. The molecule has 7 nitrogen and oxygen atoms in total. The van der Waals surface area contributed by atoms with Crippen LogP contribution < -0.4 is 25.4 Å². The van der Waals surface area contributed by atoms with E-state index >= 15 is 0 Å². The first kappa shape index (κ1) is 23.4. The monoisotopic (exact) mass is 442 g/mol. The lowest BCUT2D eigenvalue weighted by atomic mass is 10.1. The predicted octanol–water partition coefficient (Wildman–Crippen LogP) is 3.77. The molecule has 0 bridgehead atoms. The van der Waals surface area contributed by atoms with Crippen LogP contribution in [0.2, 0.25) is 0 Å². The van der Waals surface area contributed by atoms with Crippen molar-refractivity contribution in [1.29, 1.82) is 0 Å². The molecule has 3 N–H and O–H groups in total. The van der Waals surface area contributed by atoms with E-state index in [0.717, 1.165) is 17.7 Å². The molecule has 172 valence electrons. The van der Waals surface area contributed by atoms with E-state index in [1.807, 2.05) is 45.0 Å². The highest BCUT2D eigenvalue weighted by Crippen LogP contribution is 2.32. The van der Waals surface area contributed by atoms with Crippen LogP contribution in [-0.4, -0.2) is 37.2 Å². The van der Waals surface area contributed by atoms with E-state index in [0.29, 0.717) is 36.2 Å². The maximum Gasteiger partial charge on any atom is 0.239 e. The van der Waals surface area contributed by atoms with E-state index in [-0.39, 0.29) is 30.4 Å². The van der Waals surface area contributed by atoms with Crippen LogP contribution in [0.25, 0.3) is 0 Å². The van der Waals surface area contributed by atoms with Crippen LogP contribution in [0, 0.1) is 12.7 Å². The first-order chi connectivity index (χ1) is 15.2. The first-order valence-corrected chi connectivity index (χ1v) is 10.7. The van der Waals surface area contributed by atoms with E-state index in [1.165, 1.54) is 6.07 Å². The van der Waals surface area contributed by atoms with Gasteiger partial charge in [0.2, 0.25) is 5.91 Å². The summed E-state index contributed by atoms with van der Waals surface area (Å²) in [5.74, 6) is 1.31. The predicted molar refractivity (Wildman–Crippen MR) is 124 cm³/mol. The zero-order chi connectivity index (χ0) is 23.1. The second-order valence-corrected chi connectivity index (χ2v) is 8.74. The van der Waals surface area contributed by atoms with Gasteiger partial charge in [-0.25, -0.2) is 9.38 Å². The third kappa shape index (κ3) is 7.14. The van der Waals surface area contributed by atoms with Crippen molar-refractivity contribution in [1.82, 2.24) is 10.6 Å². The number of anilines is 1. The third-order valence-electron chi connectivity index (χ3n) is 4.60. The Hall–Kier alpha value is -3.29. The highest BCUT2D eigenvalue weighted by Gasteiger charge is 2.15. The average molecular weight is 443 g/mol. The van der Waals surface area contributed by atoms with Crippen LogP contribution in [-0.2, 0) is 11.3 Å². The number of benzene rings is 2. The molecule has 0 atom stereocenters. The van der Waals surface area contributed by atoms with Crippen LogP contribution in [0.15, 0.2) is 41.4 Å². The molecule has 0 saturated carbocycles. The molecular weight excluding hydrogens is 411 g/mol. The summed E-state index contributed by atoms with van der Waals surface area (Å²) in [7, 11) is 0. The molecule has 0 aromatic heterocycles. The molecule has 1 amide bonds. The van der Waals surface area contributed by atoms with Crippen molar-refractivity contribution in [3.63, 3.8) is 0 Å². The van der Waals surface area contributed by atoms with Crippen molar-refractivity contribution >= 4 is 17.6 Å². The number of carbonyl (C=O) groups is 1. The van der Waals surface area contributed by atoms with Crippen molar-refractivity contribution in [3.8, 4) is 11.5 Å². The number of ether oxygens (including phenoxy) is 2. The number of nitrogens with zero attached hydrogens (tertiary/aromatic N) is 1. The lowest BCUT2D eigenvalue weighted by molar-refractivity contribution is -0.121. The van der Waals surface area contributed by atoms with Gasteiger partial charge in [-0.15, -0.1) is 0 Å². The van der Waals surface area contributed by atoms with Gasteiger partial charge in [0, 0.05) is 23.7 Å². The Morgan fingerprint density at radius 3 is 2.56 bits per heavy atom. The van der Waals surface area contributed by atoms with Gasteiger partial charge in [0.05, 0.1) is 26.3 Å². The molecule has 8 heteroatoms. The van der Waals surface area contributed by atoms with Crippen LogP contribution in [0.1, 0.15) is 38.3 Å². The first-order valence-electron chi connectivity index (χ1n) is 10.7. The van der Waals surface area contributed by atoms with Crippen molar-refractivity contribution in [2.75, 3.05) is 25.1 Å². The molecule has 0 radical (unpaired) electrons. The molecule has 1 aliphatic rings. The molecule has 3 rings (SSSR count). The van der Waals surface area contributed by atoms with Gasteiger partial charge in [-0.2, -0.15) is 0 Å². The molecular formula is C24H31FN4O3. The van der Waals surface area contributed by atoms with E-state index in [1.54, 1.807) is 13.0 Å². The number of rotatable bonds is 5. The molecule has 0 unspecified atom stereocenters. The molecule has 2 aromatic rings. The molecule has 0 spiro atoms. The molecule has 1 heterocycles. The quantitative estimate of drug-likeness (QED) is 0.485. The topological polar surface area (TPSA) is 84.0 Å². The van der Waals surface area contributed by atoms with Gasteiger partial charge < -0.3 is 25.4 Å². The minimum Gasteiger partial charge on any atom is -0.490 e. The summed E-state index contributed by atoms with van der Waals surface area (Å²) < 4.78 is 25.3. The van der Waals surface area contributed by atoms with Crippen molar-refractivity contribution in [2.24, 2.45) is 4.99 Å². The molecule has 0 saturated heterocycles. The van der Waals surface area contributed by atoms with Crippen LogP contribution in [0.5, 0.6) is 11.5 Å². The van der Waals surface area contributed by atoms with Gasteiger partial charge in [-0.3, -0.25) is 4.79 Å². The minimum atomic E-state index is -0.336. The molecule has 1 aliphatic heterocycles. The fraction of sp³-hybridized carbons (Fsp3) is 0.417. The largest absolute Gasteiger partial charge is 0.490 e. The zero-order valence-corrected chi connectivity index (χ0v) is 19.0. The number of hydrogen-bond donors (Lipinski definition) is 3. The fourth-order valence-electron chi connectivity index (χ4n) is 3.05. The SMILES string of the molecule is Cc1ccc(CN=C(NCC(=O)NC(C)(C)C)Nc2ccc3c(c2)OCCCO3)cc1F. The van der Waals surface area contributed by atoms with E-state index in [9.17, 15) is 9.18 Å². The maximum absolute atomic E-state index is 13.9. The molecule has 0 fully saturated rings. The van der Waals surface area contributed by atoms with Crippen LogP contribution in [0.4, 0.5) is 10.1 Å². The smallest absolute Gasteiger partial charge is 0.239 e. The summed E-state index contributed by atoms with van der Waals surface area (Å²) in [6.45, 7) is 8.96. The standard InChI is InChI=1S/C24H31FN4O3/c1-16-6-7-17(12-19(16)25)14-26-23(27-15-22(30)29-24(2,3)4)28-18-8-9-20-21(13-18)32-11-5-10-31-20/h6-9,12-13H,5,10-11,14-15H2,1-4H3,(H,29,30)(H2,26,27,28). The van der Waals surface area contributed by atoms with Gasteiger partial charge in [0.25, 0.3) is 0 Å². The second kappa shape index (κ2) is 10.3. The number of guanidine groups is 1. The summed E-state index contributed by atoms with van der Waals surface area (Å²) in [6, 6.07) is 10.5. The highest BCUT2D eigenvalue weighted by atomic mass is 19.1. The number of hydrogen-bond acceptors (Lipinski definition) is 4. The second-order valence-electron chi connectivity index (χ2n) is 8.74. The third-order valence-corrected chi connectivity index (χ3v) is 4.60. The number of halogens is 1. The summed E-state index contributed by atoms with van der Waals surface area (Å²) in [5.41, 5.74) is 1.70. The van der Waals surface area contributed by atoms with Crippen LogP contribution >= 0.6 is 0 Å². The van der Waals surface area contributed by atoms with E-state index in [4.69, 9.17) is 9.47 Å². The summed E-state index contributed by atoms with van der Waals surface area (Å²) in [5, 5.41) is 9.14. The average Bonchev–Trinajstić information content (AvgIpc) is 2.96. The number of carbonyl (C=O) groups excluding carboxylic acids is 1. The normalized spacial score (nSPS) is 13.8. The summed E-state index contributed by atoms with van der Waals surface area (Å²) in [6.07, 6.45) is 0.821. The van der Waals surface area contributed by atoms with Gasteiger partial charge in [0.15, 0.2) is 17.5 Å². The Kier molecular flexibility index (Phi) is 7.56. The molecule has 0 aliphatic carbocycles. The highest BCUT2D eigenvalue weighted by molar-refractivity contribution is 5.96. The van der Waals surface area contributed by atoms with E-state index in [2.05, 4.69) is 20.9 Å². The molecule has 2 aromatic carbocycles. The van der Waals surface area contributed by atoms with Crippen LogP contribution in [0.3, 0.4) is 0 Å². The Morgan fingerprint density at radius 1 is 1.09 bits per heavy atom. The van der Waals surface area contributed by atoms with Gasteiger partial charge in [-0.1, -0.05) is 12.1 Å². The number of amides is 1. The van der Waals surface area contributed by atoms with Gasteiger partial charge >= 0.3 is 0 Å². The van der Waals surface area contributed by atoms with Gasteiger partial charge in [-0.05, 0) is 57.0 Å². The number of aliphatic imine (C=N–C) groups is 1. The Labute approximate surface area is 188 Å². The lowest BCUT2D eigenvalue weighted by Gasteiger charge is -2.21. The van der Waals surface area contributed by atoms with Crippen molar-refractivity contribution in [2.45, 2.75) is 46.2 Å². The zero-order valence-electron chi connectivity index (χ0n) is 19.0. The summed E-state index contributed by atoms with van der Waals surface area (Å²) >= 11 is 0. The lowest BCUT2D eigenvalue weighted by Crippen LogP contribution is -2.46. The Bertz CT molecular complexity index is 986. The van der Waals surface area contributed by atoms with E-state index < -0.39 is 0 Å². The number of aryl methyl sites for hydroxylation is 1. The fourth-order valence-corrected chi connectivity index (χ4v) is 3.05. The van der Waals surface area contributed by atoms with Crippen molar-refractivity contribution in [3.05, 3.63) is 53.3 Å². The number of fused-ring (bicyclic) bond motifs is 1. The molecule has 32 heavy (non-hydrogen) atoms. The van der Waals surface area contributed by atoms with Gasteiger partial charge in [0.1, 0.15) is 5.82 Å². The van der Waals surface area contributed by atoms with Crippen molar-refractivity contribution < 1.29 is 18.7 Å². The maximum atomic E-state index is 13.9. The minimum absolute atomic E-state index is 0.0376. The Morgan fingerprint density at radius 2 is 1.84 bits per heavy atom.